The highest BCUT2D eigenvalue weighted by Gasteiger charge is 2.35. The molecule has 1 aromatic carbocycles. The molecule has 0 unspecified atom stereocenters. The number of nitrogens with zero attached hydrogens (tertiary/aromatic N) is 6. The fraction of sp³-hybridized carbons (Fsp3) is 0.353. The van der Waals surface area contributed by atoms with Crippen molar-refractivity contribution in [3.63, 3.8) is 0 Å². The van der Waals surface area contributed by atoms with Gasteiger partial charge in [-0.15, -0.1) is 15.3 Å². The number of halogens is 3. The maximum absolute atomic E-state index is 13.4. The summed E-state index contributed by atoms with van der Waals surface area (Å²) >= 11 is 5.10. The van der Waals surface area contributed by atoms with Crippen LogP contribution in [-0.4, -0.2) is 50.9 Å². The summed E-state index contributed by atoms with van der Waals surface area (Å²) in [7, 11) is 0. The minimum Gasteiger partial charge on any atom is -0.353 e. The van der Waals surface area contributed by atoms with Gasteiger partial charge in [0.2, 0.25) is 5.82 Å². The summed E-state index contributed by atoms with van der Waals surface area (Å²) in [4.78, 5) is 4.43. The minimum absolute atomic E-state index is 0.242. The largest absolute Gasteiger partial charge is 0.383 e. The lowest BCUT2D eigenvalue weighted by atomic mass is 10.2. The zero-order valence-corrected chi connectivity index (χ0v) is 14.7. The van der Waals surface area contributed by atoms with E-state index in [0.717, 1.165) is 37.2 Å². The molecule has 9 heteroatoms. The maximum atomic E-state index is 13.4. The van der Waals surface area contributed by atoms with Crippen molar-refractivity contribution in [2.75, 3.05) is 31.1 Å². The molecule has 0 spiro atoms. The van der Waals surface area contributed by atoms with Gasteiger partial charge in [0.25, 0.3) is 0 Å². The lowest BCUT2D eigenvalue weighted by molar-refractivity contribution is 0.0820. The van der Waals surface area contributed by atoms with E-state index in [-0.39, 0.29) is 5.65 Å². The Balaban J connectivity index is 1.47. The zero-order valence-electron chi connectivity index (χ0n) is 13.9. The number of alkyl halides is 3. The summed E-state index contributed by atoms with van der Waals surface area (Å²) in [6, 6.07) is 13.7. The summed E-state index contributed by atoms with van der Waals surface area (Å²) in [5.41, 5.74) is 1.52. The Bertz CT molecular complexity index is 887. The second-order valence-corrected chi connectivity index (χ2v) is 6.71. The molecule has 6 nitrogen and oxygen atoms in total. The Morgan fingerprint density at radius 2 is 1.69 bits per heavy atom. The molecule has 0 bridgehead atoms. The average molecular weight is 379 g/mol. The van der Waals surface area contributed by atoms with Crippen LogP contribution < -0.4 is 4.90 Å². The van der Waals surface area contributed by atoms with E-state index in [1.807, 2.05) is 18.2 Å². The van der Waals surface area contributed by atoms with Crippen LogP contribution in [-0.2, 0) is 11.9 Å². The summed E-state index contributed by atoms with van der Waals surface area (Å²) in [6.07, 6.45) is 0. The van der Waals surface area contributed by atoms with E-state index < -0.39 is 11.2 Å². The first-order valence-corrected chi connectivity index (χ1v) is 8.69. The Kier molecular flexibility index (Phi) is 4.46. The van der Waals surface area contributed by atoms with E-state index in [1.54, 1.807) is 12.1 Å². The molecule has 1 aliphatic heterocycles. The third-order valence-corrected chi connectivity index (χ3v) is 4.62. The predicted molar refractivity (Wildman–Crippen MR) is 94.5 cm³/mol. The van der Waals surface area contributed by atoms with Gasteiger partial charge in [-0.25, -0.2) is 0 Å². The molecule has 2 aromatic heterocycles. The molecule has 0 saturated carbocycles. The fourth-order valence-electron chi connectivity index (χ4n) is 3.10. The van der Waals surface area contributed by atoms with E-state index in [4.69, 9.17) is 11.6 Å². The third-order valence-electron chi connectivity index (χ3n) is 4.45. The monoisotopic (exact) mass is 378 g/mol. The third kappa shape index (κ3) is 3.47. The molecular weight excluding hydrogens is 362 g/mol. The lowest BCUT2D eigenvalue weighted by Gasteiger charge is -2.35. The highest BCUT2D eigenvalue weighted by molar-refractivity contribution is 6.21. The highest BCUT2D eigenvalue weighted by Crippen LogP contribution is 2.31. The molecule has 1 saturated heterocycles. The Hall–Kier alpha value is -2.32. The van der Waals surface area contributed by atoms with E-state index in [1.165, 1.54) is 5.56 Å². The van der Waals surface area contributed by atoms with Crippen LogP contribution in [0.4, 0.5) is 14.6 Å². The quantitative estimate of drug-likeness (QED) is 0.653. The van der Waals surface area contributed by atoms with Crippen LogP contribution in [0.15, 0.2) is 42.5 Å². The van der Waals surface area contributed by atoms with Crippen molar-refractivity contribution in [2.45, 2.75) is 11.9 Å². The van der Waals surface area contributed by atoms with E-state index in [0.29, 0.717) is 5.82 Å². The molecule has 1 fully saturated rings. The number of hydrogen-bond acceptors (Lipinski definition) is 5. The smallest absolute Gasteiger partial charge is 0.353 e. The number of benzene rings is 1. The Morgan fingerprint density at radius 3 is 2.38 bits per heavy atom. The fourth-order valence-corrected chi connectivity index (χ4v) is 3.22. The maximum Gasteiger partial charge on any atom is 0.383 e. The second-order valence-electron chi connectivity index (χ2n) is 6.23. The minimum atomic E-state index is -3.61. The molecule has 0 amide bonds. The van der Waals surface area contributed by atoms with Crippen LogP contribution >= 0.6 is 11.6 Å². The van der Waals surface area contributed by atoms with Crippen molar-refractivity contribution < 1.29 is 8.78 Å². The molecule has 1 aliphatic rings. The summed E-state index contributed by atoms with van der Waals surface area (Å²) in [5.74, 6) is -0.0578. The van der Waals surface area contributed by atoms with Crippen molar-refractivity contribution >= 4 is 23.1 Å². The van der Waals surface area contributed by atoms with E-state index >= 15 is 0 Å². The number of anilines is 1. The van der Waals surface area contributed by atoms with Crippen molar-refractivity contribution in [3.05, 3.63) is 53.9 Å². The number of hydrogen-bond donors (Lipinski definition) is 0. The lowest BCUT2D eigenvalue weighted by Crippen LogP contribution is -2.46. The molecule has 0 N–H and O–H groups in total. The molecule has 136 valence electrons. The van der Waals surface area contributed by atoms with Crippen LogP contribution in [0.1, 0.15) is 11.4 Å². The van der Waals surface area contributed by atoms with Crippen LogP contribution in [0.3, 0.4) is 0 Å². The highest BCUT2D eigenvalue weighted by atomic mass is 35.5. The number of fused-ring (bicyclic) bond motifs is 1. The summed E-state index contributed by atoms with van der Waals surface area (Å²) in [6.45, 7) is 4.17. The molecule has 4 rings (SSSR count). The van der Waals surface area contributed by atoms with Crippen molar-refractivity contribution in [1.29, 1.82) is 0 Å². The van der Waals surface area contributed by atoms with Crippen molar-refractivity contribution in [1.82, 2.24) is 24.7 Å². The molecule has 26 heavy (non-hydrogen) atoms. The second kappa shape index (κ2) is 6.77. The van der Waals surface area contributed by atoms with Gasteiger partial charge >= 0.3 is 5.38 Å². The van der Waals surface area contributed by atoms with Crippen molar-refractivity contribution in [3.8, 4) is 0 Å². The summed E-state index contributed by atoms with van der Waals surface area (Å²) < 4.78 is 27.9. The van der Waals surface area contributed by atoms with Crippen LogP contribution in [0, 0.1) is 0 Å². The van der Waals surface area contributed by atoms with Gasteiger partial charge in [-0.2, -0.15) is 13.3 Å². The first-order chi connectivity index (χ1) is 12.5. The van der Waals surface area contributed by atoms with Crippen LogP contribution in [0.25, 0.3) is 5.65 Å². The zero-order chi connectivity index (χ0) is 18.1. The number of piperazine rings is 1. The van der Waals surface area contributed by atoms with Gasteiger partial charge in [0.1, 0.15) is 5.82 Å². The summed E-state index contributed by atoms with van der Waals surface area (Å²) in [5, 5.41) is 7.80. The number of rotatable bonds is 4. The van der Waals surface area contributed by atoms with Crippen LogP contribution in [0.5, 0.6) is 0 Å². The molecule has 0 radical (unpaired) electrons. The Labute approximate surface area is 154 Å². The van der Waals surface area contributed by atoms with E-state index in [2.05, 4.69) is 37.2 Å². The SMILES string of the molecule is FC(F)(Cl)c1nnc2ccc(N3CCN(Cc4ccccc4)CC3)nn12. The molecule has 0 atom stereocenters. The molecule has 0 aliphatic carbocycles. The Morgan fingerprint density at radius 1 is 0.962 bits per heavy atom. The standard InChI is InChI=1S/C17H17ClF2N6/c18-17(19,20)16-22-21-14-6-7-15(23-26(14)16)25-10-8-24(9-11-25)12-13-4-2-1-3-5-13/h1-7H,8-12H2. The average Bonchev–Trinajstić information content (AvgIpc) is 3.07. The van der Waals surface area contributed by atoms with Gasteiger partial charge < -0.3 is 4.90 Å². The van der Waals surface area contributed by atoms with Gasteiger partial charge in [0.15, 0.2) is 5.65 Å². The van der Waals surface area contributed by atoms with Crippen molar-refractivity contribution in [2.24, 2.45) is 0 Å². The first kappa shape index (κ1) is 17.1. The predicted octanol–water partition coefficient (Wildman–Crippen LogP) is 2.73. The van der Waals surface area contributed by atoms with Gasteiger partial charge in [-0.1, -0.05) is 30.3 Å². The molecule has 3 aromatic rings. The van der Waals surface area contributed by atoms with Gasteiger partial charge in [0, 0.05) is 32.7 Å². The van der Waals surface area contributed by atoms with Gasteiger partial charge in [-0.05, 0) is 29.3 Å². The molecule has 3 heterocycles. The first-order valence-electron chi connectivity index (χ1n) is 8.31. The van der Waals surface area contributed by atoms with Gasteiger partial charge in [0.05, 0.1) is 0 Å². The van der Waals surface area contributed by atoms with E-state index in [9.17, 15) is 8.78 Å². The van der Waals surface area contributed by atoms with Crippen LogP contribution in [0.2, 0.25) is 0 Å². The topological polar surface area (TPSA) is 49.6 Å². The molecular formula is C17H17ClF2N6. The number of aromatic nitrogens is 4. The normalized spacial score (nSPS) is 16.3. The van der Waals surface area contributed by atoms with Gasteiger partial charge in [-0.3, -0.25) is 4.90 Å².